The van der Waals surface area contributed by atoms with Gasteiger partial charge in [0.1, 0.15) is 5.60 Å². The monoisotopic (exact) mass is 304 g/mol. The third-order valence-corrected chi connectivity index (χ3v) is 3.70. The van der Waals surface area contributed by atoms with Crippen LogP contribution in [0.15, 0.2) is 18.2 Å². The van der Waals surface area contributed by atoms with Crippen LogP contribution in [0.3, 0.4) is 0 Å². The summed E-state index contributed by atoms with van der Waals surface area (Å²) in [6.45, 7) is 12.0. The molecule has 0 spiro atoms. The van der Waals surface area contributed by atoms with Crippen molar-refractivity contribution >= 4 is 6.09 Å². The van der Waals surface area contributed by atoms with E-state index in [1.54, 1.807) is 0 Å². The Balaban J connectivity index is 1.82. The standard InChI is InChI=1S/C18H28N2O2/c1-11-7-12(2)9-14(8-11)13(3)19-15-10-16(15)20-17(21)22-18(4,5)6/h7-9,13,15-16,19H,10H2,1-6H3,(H,20,21). The summed E-state index contributed by atoms with van der Waals surface area (Å²) in [5, 5.41) is 6.49. The summed E-state index contributed by atoms with van der Waals surface area (Å²) in [6, 6.07) is 7.37. The highest BCUT2D eigenvalue weighted by atomic mass is 16.6. The molecule has 3 atom stereocenters. The number of amides is 1. The van der Waals surface area contributed by atoms with Gasteiger partial charge in [-0.15, -0.1) is 0 Å². The number of nitrogens with one attached hydrogen (secondary N) is 2. The van der Waals surface area contributed by atoms with Crippen molar-refractivity contribution in [3.05, 3.63) is 34.9 Å². The normalized spacial score (nSPS) is 22.1. The number of rotatable bonds is 4. The molecule has 122 valence electrons. The SMILES string of the molecule is Cc1cc(C)cc(C(C)NC2CC2NC(=O)OC(C)(C)C)c1. The predicted octanol–water partition coefficient (Wildman–Crippen LogP) is 3.62. The van der Waals surface area contributed by atoms with Gasteiger partial charge in [0.05, 0.1) is 0 Å². The first-order chi connectivity index (χ1) is 10.1. The molecule has 22 heavy (non-hydrogen) atoms. The van der Waals surface area contributed by atoms with Gasteiger partial charge < -0.3 is 15.4 Å². The third kappa shape index (κ3) is 5.02. The molecule has 0 radical (unpaired) electrons. The molecule has 1 fully saturated rings. The first-order valence-corrected chi connectivity index (χ1v) is 7.98. The van der Waals surface area contributed by atoms with E-state index in [1.807, 2.05) is 20.8 Å². The number of hydrogen-bond donors (Lipinski definition) is 2. The average molecular weight is 304 g/mol. The molecule has 0 heterocycles. The molecule has 3 unspecified atom stereocenters. The van der Waals surface area contributed by atoms with E-state index in [0.717, 1.165) is 6.42 Å². The van der Waals surface area contributed by atoms with Crippen LogP contribution in [0.5, 0.6) is 0 Å². The first kappa shape index (κ1) is 16.8. The Bertz CT molecular complexity index is 528. The fraction of sp³-hybridized carbons (Fsp3) is 0.611. The highest BCUT2D eigenvalue weighted by molar-refractivity contribution is 5.68. The lowest BCUT2D eigenvalue weighted by atomic mass is 10.0. The predicted molar refractivity (Wildman–Crippen MR) is 89.0 cm³/mol. The van der Waals surface area contributed by atoms with Crippen LogP contribution in [0, 0.1) is 13.8 Å². The number of carbonyl (C=O) groups is 1. The molecular weight excluding hydrogens is 276 g/mol. The van der Waals surface area contributed by atoms with Gasteiger partial charge in [-0.2, -0.15) is 0 Å². The molecular formula is C18H28N2O2. The van der Waals surface area contributed by atoms with E-state index >= 15 is 0 Å². The van der Waals surface area contributed by atoms with Gasteiger partial charge in [-0.3, -0.25) is 0 Å². The summed E-state index contributed by atoms with van der Waals surface area (Å²) in [6.07, 6.45) is 0.620. The van der Waals surface area contributed by atoms with Gasteiger partial charge in [-0.05, 0) is 53.5 Å². The summed E-state index contributed by atoms with van der Waals surface area (Å²) in [5.74, 6) is 0. The quantitative estimate of drug-likeness (QED) is 0.893. The smallest absolute Gasteiger partial charge is 0.407 e. The van der Waals surface area contributed by atoms with Crippen LogP contribution in [-0.2, 0) is 4.74 Å². The molecule has 2 rings (SSSR count). The Morgan fingerprint density at radius 2 is 1.77 bits per heavy atom. The molecule has 2 N–H and O–H groups in total. The second-order valence-corrected chi connectivity index (χ2v) is 7.40. The van der Waals surface area contributed by atoms with Crippen molar-refractivity contribution in [3.8, 4) is 0 Å². The number of alkyl carbamates (subject to hydrolysis) is 1. The van der Waals surface area contributed by atoms with Crippen LogP contribution >= 0.6 is 0 Å². The van der Waals surface area contributed by atoms with E-state index < -0.39 is 5.60 Å². The van der Waals surface area contributed by atoms with E-state index in [4.69, 9.17) is 4.74 Å². The van der Waals surface area contributed by atoms with Crippen LogP contribution < -0.4 is 10.6 Å². The molecule has 1 saturated carbocycles. The summed E-state index contributed by atoms with van der Waals surface area (Å²) in [7, 11) is 0. The number of ether oxygens (including phenoxy) is 1. The maximum Gasteiger partial charge on any atom is 0.407 e. The molecule has 0 aliphatic heterocycles. The molecule has 0 saturated heterocycles. The largest absolute Gasteiger partial charge is 0.444 e. The van der Waals surface area contributed by atoms with E-state index in [1.165, 1.54) is 16.7 Å². The van der Waals surface area contributed by atoms with Gasteiger partial charge in [0.2, 0.25) is 0 Å². The number of aryl methyl sites for hydroxylation is 2. The van der Waals surface area contributed by atoms with Gasteiger partial charge in [0.15, 0.2) is 0 Å². The summed E-state index contributed by atoms with van der Waals surface area (Å²) in [4.78, 5) is 11.7. The Labute approximate surface area is 133 Å². The lowest BCUT2D eigenvalue weighted by molar-refractivity contribution is 0.0522. The van der Waals surface area contributed by atoms with Crippen molar-refractivity contribution in [2.45, 2.75) is 71.7 Å². The van der Waals surface area contributed by atoms with E-state index in [2.05, 4.69) is 49.6 Å². The molecule has 4 heteroatoms. The van der Waals surface area contributed by atoms with Gasteiger partial charge in [-0.1, -0.05) is 29.3 Å². The van der Waals surface area contributed by atoms with Crippen LogP contribution in [0.4, 0.5) is 4.79 Å². The minimum atomic E-state index is -0.450. The van der Waals surface area contributed by atoms with E-state index in [-0.39, 0.29) is 18.2 Å². The summed E-state index contributed by atoms with van der Waals surface area (Å²) < 4.78 is 5.28. The average Bonchev–Trinajstić information content (AvgIpc) is 3.02. The maximum absolute atomic E-state index is 11.7. The van der Waals surface area contributed by atoms with Gasteiger partial charge in [0.25, 0.3) is 0 Å². The van der Waals surface area contributed by atoms with Gasteiger partial charge in [-0.25, -0.2) is 4.79 Å². The Morgan fingerprint density at radius 3 is 2.32 bits per heavy atom. The second kappa shape index (κ2) is 6.29. The van der Waals surface area contributed by atoms with Crippen LogP contribution in [-0.4, -0.2) is 23.8 Å². The fourth-order valence-corrected chi connectivity index (χ4v) is 2.67. The topological polar surface area (TPSA) is 50.4 Å². The number of hydrogen-bond acceptors (Lipinski definition) is 3. The zero-order valence-corrected chi connectivity index (χ0v) is 14.5. The van der Waals surface area contributed by atoms with Crippen molar-refractivity contribution in [1.82, 2.24) is 10.6 Å². The fourth-order valence-electron chi connectivity index (χ4n) is 2.67. The molecule has 1 amide bonds. The van der Waals surface area contributed by atoms with Crippen molar-refractivity contribution in [2.24, 2.45) is 0 Å². The van der Waals surface area contributed by atoms with Gasteiger partial charge >= 0.3 is 6.09 Å². The number of carbonyl (C=O) groups excluding carboxylic acids is 1. The number of benzene rings is 1. The Kier molecular flexibility index (Phi) is 4.81. The van der Waals surface area contributed by atoms with E-state index in [9.17, 15) is 4.79 Å². The first-order valence-electron chi connectivity index (χ1n) is 7.98. The Morgan fingerprint density at radius 1 is 1.18 bits per heavy atom. The molecule has 1 aromatic rings. The lowest BCUT2D eigenvalue weighted by Gasteiger charge is -2.20. The van der Waals surface area contributed by atoms with Gasteiger partial charge in [0, 0.05) is 18.1 Å². The highest BCUT2D eigenvalue weighted by Gasteiger charge is 2.40. The van der Waals surface area contributed by atoms with E-state index in [0.29, 0.717) is 6.04 Å². The molecule has 4 nitrogen and oxygen atoms in total. The molecule has 1 aliphatic carbocycles. The molecule has 0 aromatic heterocycles. The van der Waals surface area contributed by atoms with Crippen molar-refractivity contribution in [3.63, 3.8) is 0 Å². The summed E-state index contributed by atoms with van der Waals surface area (Å²) >= 11 is 0. The van der Waals surface area contributed by atoms with Crippen LogP contribution in [0.1, 0.15) is 56.8 Å². The zero-order chi connectivity index (χ0) is 16.5. The molecule has 1 aromatic carbocycles. The molecule has 0 bridgehead atoms. The Hall–Kier alpha value is -1.55. The summed E-state index contributed by atoms with van der Waals surface area (Å²) in [5.41, 5.74) is 3.40. The highest BCUT2D eigenvalue weighted by Crippen LogP contribution is 2.26. The molecule has 1 aliphatic rings. The minimum absolute atomic E-state index is 0.170. The van der Waals surface area contributed by atoms with Crippen LogP contribution in [0.25, 0.3) is 0 Å². The minimum Gasteiger partial charge on any atom is -0.444 e. The van der Waals surface area contributed by atoms with Crippen LogP contribution in [0.2, 0.25) is 0 Å². The lowest BCUT2D eigenvalue weighted by Crippen LogP contribution is -2.37. The maximum atomic E-state index is 11.7. The second-order valence-electron chi connectivity index (χ2n) is 7.40. The van der Waals surface area contributed by atoms with Crippen molar-refractivity contribution in [2.75, 3.05) is 0 Å². The zero-order valence-electron chi connectivity index (χ0n) is 14.5. The van der Waals surface area contributed by atoms with Crippen molar-refractivity contribution in [1.29, 1.82) is 0 Å². The van der Waals surface area contributed by atoms with Crippen molar-refractivity contribution < 1.29 is 9.53 Å². The third-order valence-electron chi connectivity index (χ3n) is 3.70.